The zero-order valence-electron chi connectivity index (χ0n) is 13.6. The van der Waals surface area contributed by atoms with E-state index in [1.165, 1.54) is 12.8 Å². The van der Waals surface area contributed by atoms with Crippen LogP contribution in [0.25, 0.3) is 0 Å². The van der Waals surface area contributed by atoms with Gasteiger partial charge in [0, 0.05) is 25.7 Å². The first-order chi connectivity index (χ1) is 10.2. The van der Waals surface area contributed by atoms with Gasteiger partial charge >= 0.3 is 8.56 Å². The molecule has 21 heavy (non-hydrogen) atoms. The zero-order chi connectivity index (χ0) is 14.8. The summed E-state index contributed by atoms with van der Waals surface area (Å²) in [6, 6.07) is 1.94. The lowest BCUT2D eigenvalue weighted by atomic mass is 9.94. The standard InChI is InChI=1S/C16H30O4Si/c1-3-21(4-2)19-15(11-7-5-8-12-15)17-18-16(20-21)13-9-6-10-14-16/h3-14H2,1-2H3. The molecule has 1 aliphatic heterocycles. The maximum atomic E-state index is 6.62. The van der Waals surface area contributed by atoms with Crippen molar-refractivity contribution in [1.29, 1.82) is 0 Å². The van der Waals surface area contributed by atoms with Gasteiger partial charge in [0.1, 0.15) is 0 Å². The largest absolute Gasteiger partial charge is 0.363 e. The monoisotopic (exact) mass is 314 g/mol. The van der Waals surface area contributed by atoms with E-state index in [0.29, 0.717) is 0 Å². The number of rotatable bonds is 2. The SMILES string of the molecule is CC[Si]1(CC)OC2(CCCCC2)OOC2(CCCCC2)O1. The van der Waals surface area contributed by atoms with Crippen molar-refractivity contribution in [2.75, 3.05) is 0 Å². The van der Waals surface area contributed by atoms with Crippen molar-refractivity contribution in [1.82, 2.24) is 0 Å². The predicted molar refractivity (Wildman–Crippen MR) is 82.7 cm³/mol. The molecule has 0 unspecified atom stereocenters. The second kappa shape index (κ2) is 6.28. The third-order valence-corrected chi connectivity index (χ3v) is 9.04. The highest BCUT2D eigenvalue weighted by molar-refractivity contribution is 6.67. The van der Waals surface area contributed by atoms with E-state index in [2.05, 4.69) is 13.8 Å². The molecule has 0 atom stereocenters. The van der Waals surface area contributed by atoms with E-state index in [9.17, 15) is 0 Å². The Balaban J connectivity index is 1.86. The Labute approximate surface area is 129 Å². The average molecular weight is 314 g/mol. The summed E-state index contributed by atoms with van der Waals surface area (Å²) in [7, 11) is -2.25. The molecule has 2 aliphatic carbocycles. The Morgan fingerprint density at radius 2 is 1.05 bits per heavy atom. The maximum Gasteiger partial charge on any atom is 0.342 e. The highest BCUT2D eigenvalue weighted by atomic mass is 28.4. The van der Waals surface area contributed by atoms with E-state index in [4.69, 9.17) is 18.6 Å². The fourth-order valence-electron chi connectivity index (χ4n) is 3.98. The molecular formula is C16H30O4Si. The Morgan fingerprint density at radius 3 is 1.38 bits per heavy atom. The van der Waals surface area contributed by atoms with Crippen LogP contribution >= 0.6 is 0 Å². The third kappa shape index (κ3) is 3.22. The van der Waals surface area contributed by atoms with E-state index >= 15 is 0 Å². The predicted octanol–water partition coefficient (Wildman–Crippen LogP) is 4.78. The van der Waals surface area contributed by atoms with Crippen LogP contribution in [0.15, 0.2) is 0 Å². The Kier molecular flexibility index (Phi) is 4.76. The molecule has 2 saturated carbocycles. The van der Waals surface area contributed by atoms with Crippen molar-refractivity contribution in [2.45, 2.75) is 102 Å². The van der Waals surface area contributed by atoms with Gasteiger partial charge in [-0.1, -0.05) is 26.7 Å². The van der Waals surface area contributed by atoms with E-state index < -0.39 is 20.1 Å². The first-order valence-electron chi connectivity index (χ1n) is 8.93. The average Bonchev–Trinajstić information content (AvgIpc) is 2.66. The Hall–Kier alpha value is 0.0569. The third-order valence-electron chi connectivity index (χ3n) is 5.40. The van der Waals surface area contributed by atoms with E-state index in [1.54, 1.807) is 0 Å². The minimum Gasteiger partial charge on any atom is -0.363 e. The highest BCUT2D eigenvalue weighted by Crippen LogP contribution is 2.46. The Morgan fingerprint density at radius 1 is 0.667 bits per heavy atom. The maximum absolute atomic E-state index is 6.62. The molecule has 3 aliphatic rings. The summed E-state index contributed by atoms with van der Waals surface area (Å²) < 4.78 is 13.2. The van der Waals surface area contributed by atoms with Crippen molar-refractivity contribution < 1.29 is 18.6 Å². The molecule has 0 aromatic heterocycles. The molecule has 0 N–H and O–H groups in total. The molecule has 0 bridgehead atoms. The molecular weight excluding hydrogens is 284 g/mol. The van der Waals surface area contributed by atoms with Gasteiger partial charge in [-0.15, -0.1) is 0 Å². The van der Waals surface area contributed by atoms with Crippen LogP contribution in [0.2, 0.25) is 12.1 Å². The molecule has 1 heterocycles. The van der Waals surface area contributed by atoms with Crippen LogP contribution in [0.3, 0.4) is 0 Å². The van der Waals surface area contributed by atoms with Crippen molar-refractivity contribution in [2.24, 2.45) is 0 Å². The highest BCUT2D eigenvalue weighted by Gasteiger charge is 2.55. The van der Waals surface area contributed by atoms with Gasteiger partial charge in [-0.3, -0.25) is 0 Å². The summed E-state index contributed by atoms with van der Waals surface area (Å²) in [5.41, 5.74) is 0. The molecule has 1 saturated heterocycles. The molecule has 0 aromatic carbocycles. The summed E-state index contributed by atoms with van der Waals surface area (Å²) in [6.45, 7) is 4.40. The van der Waals surface area contributed by atoms with Crippen molar-refractivity contribution in [3.05, 3.63) is 0 Å². The minimum absolute atomic E-state index is 0.530. The molecule has 0 radical (unpaired) electrons. The molecule has 3 rings (SSSR count). The van der Waals surface area contributed by atoms with Crippen molar-refractivity contribution >= 4 is 8.56 Å². The van der Waals surface area contributed by atoms with Gasteiger partial charge in [0.05, 0.1) is 0 Å². The van der Waals surface area contributed by atoms with Gasteiger partial charge in [-0.25, -0.2) is 0 Å². The van der Waals surface area contributed by atoms with Crippen molar-refractivity contribution in [3.63, 3.8) is 0 Å². The minimum atomic E-state index is -2.25. The molecule has 4 nitrogen and oxygen atoms in total. The number of hydrogen-bond donors (Lipinski definition) is 0. The van der Waals surface area contributed by atoms with Crippen LogP contribution in [-0.2, 0) is 18.6 Å². The van der Waals surface area contributed by atoms with Crippen LogP contribution < -0.4 is 0 Å². The van der Waals surface area contributed by atoms with Gasteiger partial charge in [-0.2, -0.15) is 9.78 Å². The normalized spacial score (nSPS) is 31.1. The fraction of sp³-hybridized carbons (Fsp3) is 1.00. The van der Waals surface area contributed by atoms with Gasteiger partial charge in [0.25, 0.3) is 0 Å². The van der Waals surface area contributed by atoms with Crippen LogP contribution in [0.5, 0.6) is 0 Å². The van der Waals surface area contributed by atoms with Gasteiger partial charge in [0.2, 0.25) is 0 Å². The second-order valence-electron chi connectivity index (χ2n) is 6.93. The topological polar surface area (TPSA) is 36.9 Å². The van der Waals surface area contributed by atoms with Gasteiger partial charge in [0.15, 0.2) is 11.6 Å². The zero-order valence-corrected chi connectivity index (χ0v) is 14.6. The smallest absolute Gasteiger partial charge is 0.342 e. The summed E-state index contributed by atoms with van der Waals surface area (Å²) in [4.78, 5) is 11.9. The van der Waals surface area contributed by atoms with Gasteiger partial charge < -0.3 is 8.85 Å². The summed E-state index contributed by atoms with van der Waals surface area (Å²) >= 11 is 0. The molecule has 0 amide bonds. The Bertz CT molecular complexity index is 314. The van der Waals surface area contributed by atoms with E-state index in [1.807, 2.05) is 0 Å². The van der Waals surface area contributed by atoms with Crippen LogP contribution in [-0.4, -0.2) is 20.1 Å². The molecule has 5 heteroatoms. The van der Waals surface area contributed by atoms with Crippen LogP contribution in [0.4, 0.5) is 0 Å². The molecule has 2 spiro atoms. The quantitative estimate of drug-likeness (QED) is 0.543. The lowest BCUT2D eigenvalue weighted by Gasteiger charge is -2.40. The van der Waals surface area contributed by atoms with Crippen LogP contribution in [0, 0.1) is 0 Å². The number of hydrogen-bond acceptors (Lipinski definition) is 4. The first-order valence-corrected chi connectivity index (χ1v) is 11.2. The van der Waals surface area contributed by atoms with Gasteiger partial charge in [-0.05, 0) is 37.8 Å². The van der Waals surface area contributed by atoms with Crippen molar-refractivity contribution in [3.8, 4) is 0 Å². The summed E-state index contributed by atoms with van der Waals surface area (Å²) in [6.07, 6.45) is 11.0. The molecule has 122 valence electrons. The first kappa shape index (κ1) is 15.9. The summed E-state index contributed by atoms with van der Waals surface area (Å²) in [5, 5.41) is 0. The lowest BCUT2D eigenvalue weighted by Crippen LogP contribution is -2.52. The van der Waals surface area contributed by atoms with E-state index in [-0.39, 0.29) is 0 Å². The second-order valence-corrected chi connectivity index (χ2v) is 10.6. The van der Waals surface area contributed by atoms with E-state index in [0.717, 1.165) is 63.5 Å². The lowest BCUT2D eigenvalue weighted by molar-refractivity contribution is -0.475. The van der Waals surface area contributed by atoms with Crippen LogP contribution in [0.1, 0.15) is 78.1 Å². The summed E-state index contributed by atoms with van der Waals surface area (Å²) in [5.74, 6) is -1.06. The fourth-order valence-corrected chi connectivity index (χ4v) is 6.93. The molecule has 0 aromatic rings. The molecule has 3 fully saturated rings.